The van der Waals surface area contributed by atoms with Gasteiger partial charge in [0.2, 0.25) is 5.91 Å². The van der Waals surface area contributed by atoms with Crippen molar-refractivity contribution in [2.45, 2.75) is 38.5 Å². The maximum absolute atomic E-state index is 13.2. The van der Waals surface area contributed by atoms with Crippen LogP contribution in [-0.4, -0.2) is 48.2 Å². The van der Waals surface area contributed by atoms with Gasteiger partial charge in [-0.15, -0.1) is 0 Å². The number of nitrogens with zero attached hydrogens (tertiary/aromatic N) is 1. The summed E-state index contributed by atoms with van der Waals surface area (Å²) in [7, 11) is 0. The van der Waals surface area contributed by atoms with E-state index in [0.29, 0.717) is 17.9 Å². The smallest absolute Gasteiger partial charge is 0.274 e. The number of carbonyl (C=O) groups excluding carboxylic acids is 2. The number of ether oxygens (including phenoxy) is 1. The Labute approximate surface area is 153 Å². The Balaban J connectivity index is 1.50. The normalized spacial score (nSPS) is 26.2. The zero-order valence-corrected chi connectivity index (χ0v) is 15.0. The van der Waals surface area contributed by atoms with Gasteiger partial charge in [-0.05, 0) is 67.7 Å². The fourth-order valence-electron chi connectivity index (χ4n) is 4.77. The Hall–Kier alpha value is -1.92. The second kappa shape index (κ2) is 7.00. The van der Waals surface area contributed by atoms with Crippen LogP contribution in [0, 0.1) is 11.3 Å². The van der Waals surface area contributed by atoms with Crippen LogP contribution in [0.25, 0.3) is 0 Å². The van der Waals surface area contributed by atoms with Crippen molar-refractivity contribution in [3.63, 3.8) is 0 Å². The van der Waals surface area contributed by atoms with Crippen molar-refractivity contribution in [3.05, 3.63) is 34.9 Å². The molecule has 0 bridgehead atoms. The number of benzene rings is 1. The van der Waals surface area contributed by atoms with Gasteiger partial charge in [0.15, 0.2) is 0 Å². The average Bonchev–Trinajstić information content (AvgIpc) is 2.97. The van der Waals surface area contributed by atoms with Gasteiger partial charge in [-0.25, -0.2) is 5.48 Å². The molecule has 1 aromatic rings. The number of hydroxylamine groups is 1. The molecule has 6 heteroatoms. The molecule has 1 atom stereocenters. The summed E-state index contributed by atoms with van der Waals surface area (Å²) in [5, 5.41) is 8.86. The maximum atomic E-state index is 13.2. The lowest BCUT2D eigenvalue weighted by Gasteiger charge is -2.34. The zero-order chi connectivity index (χ0) is 18.1. The summed E-state index contributed by atoms with van der Waals surface area (Å²) in [5.74, 6) is 0.330. The lowest BCUT2D eigenvalue weighted by Crippen LogP contribution is -2.41. The van der Waals surface area contributed by atoms with Crippen LogP contribution in [0.1, 0.15) is 47.2 Å². The largest absolute Gasteiger partial charge is 0.381 e. The fourth-order valence-corrected chi connectivity index (χ4v) is 4.77. The van der Waals surface area contributed by atoms with Crippen molar-refractivity contribution in [2.24, 2.45) is 11.3 Å². The molecule has 1 spiro atoms. The third-order valence-corrected chi connectivity index (χ3v) is 6.39. The third-order valence-electron chi connectivity index (χ3n) is 6.39. The van der Waals surface area contributed by atoms with E-state index in [1.165, 1.54) is 5.56 Å². The summed E-state index contributed by atoms with van der Waals surface area (Å²) in [6.07, 6.45) is 5.42. The number of hydrogen-bond acceptors (Lipinski definition) is 4. The molecule has 26 heavy (non-hydrogen) atoms. The summed E-state index contributed by atoms with van der Waals surface area (Å²) in [5.41, 5.74) is 4.09. The molecular weight excluding hydrogens is 332 g/mol. The SMILES string of the molecule is O=C(NO)c1ccc2c(c1)C[C@@]1(CC2)CCN(CC2CCOCC2)C1=O. The van der Waals surface area contributed by atoms with E-state index in [-0.39, 0.29) is 11.3 Å². The van der Waals surface area contributed by atoms with Crippen LogP contribution in [0.15, 0.2) is 18.2 Å². The minimum Gasteiger partial charge on any atom is -0.381 e. The van der Waals surface area contributed by atoms with Crippen LogP contribution in [0.4, 0.5) is 0 Å². The van der Waals surface area contributed by atoms with Crippen LogP contribution in [-0.2, 0) is 22.4 Å². The Morgan fingerprint density at radius 1 is 1.27 bits per heavy atom. The lowest BCUT2D eigenvalue weighted by atomic mass is 9.70. The molecule has 0 unspecified atom stereocenters. The Bertz CT molecular complexity index is 714. The number of aryl methyl sites for hydroxylation is 1. The van der Waals surface area contributed by atoms with Gasteiger partial charge in [-0.3, -0.25) is 14.8 Å². The summed E-state index contributed by atoms with van der Waals surface area (Å²) in [4.78, 5) is 27.0. The summed E-state index contributed by atoms with van der Waals surface area (Å²) in [6.45, 7) is 3.30. The van der Waals surface area contributed by atoms with E-state index < -0.39 is 5.91 Å². The standard InChI is InChI=1S/C20H26N2O4/c23-18(21-25)16-2-1-15-3-6-20(12-17(15)11-16)7-8-22(19(20)24)13-14-4-9-26-10-5-14/h1-2,11,14,25H,3-10,12-13H2,(H,21,23)/t20-/m1/s1. The molecule has 2 aliphatic heterocycles. The number of nitrogens with one attached hydrogen (secondary N) is 1. The number of carbonyl (C=O) groups is 2. The van der Waals surface area contributed by atoms with Crippen LogP contribution in [0.3, 0.4) is 0 Å². The molecule has 2 saturated heterocycles. The topological polar surface area (TPSA) is 78.9 Å². The monoisotopic (exact) mass is 358 g/mol. The van der Waals surface area contributed by atoms with Gasteiger partial charge in [0.05, 0.1) is 5.41 Å². The molecule has 0 aromatic heterocycles. The van der Waals surface area contributed by atoms with Crippen LogP contribution in [0.2, 0.25) is 0 Å². The summed E-state index contributed by atoms with van der Waals surface area (Å²) < 4.78 is 5.43. The molecule has 1 aliphatic carbocycles. The molecule has 3 aliphatic rings. The number of hydrogen-bond donors (Lipinski definition) is 2. The summed E-state index contributed by atoms with van der Waals surface area (Å²) in [6, 6.07) is 5.51. The second-order valence-corrected chi connectivity index (χ2v) is 7.94. The van der Waals surface area contributed by atoms with Crippen molar-refractivity contribution in [3.8, 4) is 0 Å². The number of rotatable bonds is 3. The maximum Gasteiger partial charge on any atom is 0.274 e. The van der Waals surface area contributed by atoms with Crippen molar-refractivity contribution < 1.29 is 19.5 Å². The van der Waals surface area contributed by atoms with E-state index in [2.05, 4.69) is 4.90 Å². The Kier molecular flexibility index (Phi) is 4.71. The van der Waals surface area contributed by atoms with Gasteiger partial charge in [0.25, 0.3) is 5.91 Å². The Morgan fingerprint density at radius 2 is 2.08 bits per heavy atom. The first-order chi connectivity index (χ1) is 12.6. The molecule has 6 nitrogen and oxygen atoms in total. The van der Waals surface area contributed by atoms with Gasteiger partial charge in [0.1, 0.15) is 0 Å². The minimum atomic E-state index is -0.508. The molecule has 0 saturated carbocycles. The molecule has 2 fully saturated rings. The molecule has 2 amide bonds. The molecular formula is C20H26N2O4. The highest BCUT2D eigenvalue weighted by molar-refractivity contribution is 5.93. The van der Waals surface area contributed by atoms with Gasteiger partial charge in [-0.2, -0.15) is 0 Å². The highest BCUT2D eigenvalue weighted by Crippen LogP contribution is 2.44. The van der Waals surface area contributed by atoms with E-state index in [0.717, 1.165) is 64.0 Å². The molecule has 1 aromatic carbocycles. The van der Waals surface area contributed by atoms with Crippen LogP contribution < -0.4 is 5.48 Å². The van der Waals surface area contributed by atoms with Crippen molar-refractivity contribution >= 4 is 11.8 Å². The van der Waals surface area contributed by atoms with Crippen LogP contribution in [0.5, 0.6) is 0 Å². The van der Waals surface area contributed by atoms with E-state index in [1.54, 1.807) is 11.5 Å². The number of fused-ring (bicyclic) bond motifs is 1. The minimum absolute atomic E-state index is 0.284. The molecule has 2 N–H and O–H groups in total. The highest BCUT2D eigenvalue weighted by Gasteiger charge is 2.48. The number of likely N-dealkylation sites (tertiary alicyclic amines) is 1. The fraction of sp³-hybridized carbons (Fsp3) is 0.600. The first-order valence-corrected chi connectivity index (χ1v) is 9.55. The van der Waals surface area contributed by atoms with Gasteiger partial charge in [0, 0.05) is 31.9 Å². The van der Waals surface area contributed by atoms with Gasteiger partial charge >= 0.3 is 0 Å². The zero-order valence-electron chi connectivity index (χ0n) is 15.0. The first-order valence-electron chi connectivity index (χ1n) is 9.55. The van der Waals surface area contributed by atoms with E-state index in [1.807, 2.05) is 12.1 Å². The molecule has 2 heterocycles. The second-order valence-electron chi connectivity index (χ2n) is 7.94. The molecule has 140 valence electrons. The lowest BCUT2D eigenvalue weighted by molar-refractivity contribution is -0.137. The van der Waals surface area contributed by atoms with Crippen molar-refractivity contribution in [2.75, 3.05) is 26.3 Å². The van der Waals surface area contributed by atoms with Crippen LogP contribution >= 0.6 is 0 Å². The van der Waals surface area contributed by atoms with E-state index in [9.17, 15) is 9.59 Å². The molecule has 0 radical (unpaired) electrons. The predicted molar refractivity (Wildman–Crippen MR) is 94.9 cm³/mol. The van der Waals surface area contributed by atoms with E-state index >= 15 is 0 Å². The van der Waals surface area contributed by atoms with Gasteiger partial charge in [-0.1, -0.05) is 6.07 Å². The Morgan fingerprint density at radius 3 is 2.85 bits per heavy atom. The summed E-state index contributed by atoms with van der Waals surface area (Å²) >= 11 is 0. The molecule has 4 rings (SSSR count). The quantitative estimate of drug-likeness (QED) is 0.639. The first kappa shape index (κ1) is 17.5. The highest BCUT2D eigenvalue weighted by atomic mass is 16.5. The number of amides is 2. The third kappa shape index (κ3) is 3.12. The average molecular weight is 358 g/mol. The van der Waals surface area contributed by atoms with Gasteiger partial charge < -0.3 is 9.64 Å². The van der Waals surface area contributed by atoms with E-state index in [4.69, 9.17) is 9.94 Å². The predicted octanol–water partition coefficient (Wildman–Crippen LogP) is 1.94. The van der Waals surface area contributed by atoms with Crippen molar-refractivity contribution in [1.29, 1.82) is 0 Å². The van der Waals surface area contributed by atoms with Crippen molar-refractivity contribution in [1.82, 2.24) is 10.4 Å².